The molecule has 0 saturated heterocycles. The van der Waals surface area contributed by atoms with Crippen LogP contribution in [-0.4, -0.2) is 0 Å². The molecule has 0 nitrogen and oxygen atoms in total. The molecule has 0 spiro atoms. The number of hydrogen-bond acceptors (Lipinski definition) is 0. The molecule has 0 heteroatoms. The van der Waals surface area contributed by atoms with Crippen LogP contribution in [0.1, 0.15) is 39.0 Å². The lowest BCUT2D eigenvalue weighted by atomic mass is 9.64. The van der Waals surface area contributed by atoms with Gasteiger partial charge in [0.15, 0.2) is 0 Å². The van der Waals surface area contributed by atoms with Crippen LogP contribution < -0.4 is 0 Å². The maximum atomic E-state index is 4.23. The van der Waals surface area contributed by atoms with Crippen LogP contribution >= 0.6 is 0 Å². The fourth-order valence-corrected chi connectivity index (χ4v) is 3.01. The Morgan fingerprint density at radius 3 is 2.31 bits per heavy atom. The largest absolute Gasteiger partial charge is 0.0995 e. The van der Waals surface area contributed by atoms with Crippen molar-refractivity contribution >= 4 is 0 Å². The smallest absolute Gasteiger partial charge is 0.0138 e. The van der Waals surface area contributed by atoms with Crippen molar-refractivity contribution in [2.24, 2.45) is 17.8 Å². The minimum absolute atomic E-state index is 0.782. The Hall–Kier alpha value is -0.520. The first kappa shape index (κ1) is 9.05. The lowest BCUT2D eigenvalue weighted by Crippen LogP contribution is -2.29. The topological polar surface area (TPSA) is 0 Å². The van der Waals surface area contributed by atoms with Crippen molar-refractivity contribution in [3.8, 4) is 0 Å². The molecule has 0 heterocycles. The summed E-state index contributed by atoms with van der Waals surface area (Å²) in [6.07, 6.45) is 6.53. The van der Waals surface area contributed by atoms with Crippen LogP contribution in [0.5, 0.6) is 0 Å². The van der Waals surface area contributed by atoms with E-state index in [2.05, 4.69) is 20.1 Å². The molecule has 13 heavy (non-hydrogen) atoms. The molecule has 0 aromatic heterocycles. The summed E-state index contributed by atoms with van der Waals surface area (Å²) >= 11 is 0. The van der Waals surface area contributed by atoms with Gasteiger partial charge in [-0.25, -0.2) is 0 Å². The number of hydrogen-bond donors (Lipinski definition) is 0. The van der Waals surface area contributed by atoms with Gasteiger partial charge in [-0.2, -0.15) is 0 Å². The Kier molecular flexibility index (Phi) is 2.31. The molecular weight excluding hydrogens is 156 g/mol. The van der Waals surface area contributed by atoms with E-state index < -0.39 is 0 Å². The zero-order valence-corrected chi connectivity index (χ0v) is 8.68. The molecule has 0 aliphatic heterocycles. The van der Waals surface area contributed by atoms with Crippen LogP contribution in [-0.2, 0) is 0 Å². The molecule has 3 atom stereocenters. The van der Waals surface area contributed by atoms with Crippen molar-refractivity contribution in [3.05, 3.63) is 24.3 Å². The summed E-state index contributed by atoms with van der Waals surface area (Å²) < 4.78 is 0. The lowest BCUT2D eigenvalue weighted by Gasteiger charge is -2.41. The van der Waals surface area contributed by atoms with E-state index in [4.69, 9.17) is 0 Å². The summed E-state index contributed by atoms with van der Waals surface area (Å²) in [6.45, 7) is 10.8. The number of fused-ring (bicyclic) bond motifs is 1. The summed E-state index contributed by atoms with van der Waals surface area (Å²) in [6, 6.07) is 0. The van der Waals surface area contributed by atoms with Crippen molar-refractivity contribution in [3.63, 3.8) is 0 Å². The van der Waals surface area contributed by atoms with Gasteiger partial charge in [0, 0.05) is 0 Å². The average molecular weight is 176 g/mol. The quantitative estimate of drug-likeness (QED) is 0.490. The summed E-state index contributed by atoms with van der Waals surface area (Å²) in [7, 11) is 0. The van der Waals surface area contributed by atoms with Crippen LogP contribution in [0.3, 0.4) is 0 Å². The summed E-state index contributed by atoms with van der Waals surface area (Å²) in [5, 5.41) is 0. The standard InChI is InChI=1S/C13H20/c1-9-4-7-12-10(2)5-6-11(3)13(12)8-9/h9,12-13H,2-8H2,1H3. The van der Waals surface area contributed by atoms with Gasteiger partial charge in [-0.1, -0.05) is 37.6 Å². The van der Waals surface area contributed by atoms with Gasteiger partial charge in [-0.15, -0.1) is 0 Å². The number of allylic oxidation sites excluding steroid dienone is 2. The lowest BCUT2D eigenvalue weighted by molar-refractivity contribution is 0.226. The first-order chi connectivity index (χ1) is 6.18. The third-order valence-electron chi connectivity index (χ3n) is 3.93. The van der Waals surface area contributed by atoms with Gasteiger partial charge >= 0.3 is 0 Å². The van der Waals surface area contributed by atoms with Crippen molar-refractivity contribution < 1.29 is 0 Å². The van der Waals surface area contributed by atoms with E-state index in [1.165, 1.54) is 43.3 Å². The monoisotopic (exact) mass is 176 g/mol. The van der Waals surface area contributed by atoms with E-state index in [0.29, 0.717) is 0 Å². The minimum Gasteiger partial charge on any atom is -0.0995 e. The van der Waals surface area contributed by atoms with Crippen molar-refractivity contribution in [1.29, 1.82) is 0 Å². The van der Waals surface area contributed by atoms with E-state index in [1.54, 1.807) is 0 Å². The highest BCUT2D eigenvalue weighted by Crippen LogP contribution is 2.46. The molecule has 2 aliphatic rings. The Morgan fingerprint density at radius 2 is 1.62 bits per heavy atom. The Balaban J connectivity index is 2.15. The predicted molar refractivity (Wildman–Crippen MR) is 57.5 cm³/mol. The molecule has 2 aliphatic carbocycles. The van der Waals surface area contributed by atoms with Crippen LogP contribution in [0, 0.1) is 17.8 Å². The summed E-state index contributed by atoms with van der Waals surface area (Å²) in [4.78, 5) is 0. The molecule has 0 radical (unpaired) electrons. The van der Waals surface area contributed by atoms with E-state index in [9.17, 15) is 0 Å². The average Bonchev–Trinajstić information content (AvgIpc) is 2.12. The second kappa shape index (κ2) is 3.32. The molecule has 0 bridgehead atoms. The third kappa shape index (κ3) is 1.59. The molecule has 0 amide bonds. The van der Waals surface area contributed by atoms with Gasteiger partial charge in [-0.05, 0) is 43.4 Å². The molecule has 72 valence electrons. The second-order valence-electron chi connectivity index (χ2n) is 4.95. The highest BCUT2D eigenvalue weighted by molar-refractivity contribution is 5.20. The fourth-order valence-electron chi connectivity index (χ4n) is 3.01. The van der Waals surface area contributed by atoms with Gasteiger partial charge < -0.3 is 0 Å². The fraction of sp³-hybridized carbons (Fsp3) is 0.692. The van der Waals surface area contributed by atoms with Crippen LogP contribution in [0.4, 0.5) is 0 Å². The molecule has 0 aromatic carbocycles. The molecule has 0 N–H and O–H groups in total. The first-order valence-corrected chi connectivity index (χ1v) is 5.54. The van der Waals surface area contributed by atoms with Gasteiger partial charge in [0.05, 0.1) is 0 Å². The summed E-state index contributed by atoms with van der Waals surface area (Å²) in [5.74, 6) is 2.48. The van der Waals surface area contributed by atoms with E-state index >= 15 is 0 Å². The number of rotatable bonds is 0. The third-order valence-corrected chi connectivity index (χ3v) is 3.93. The highest BCUT2D eigenvalue weighted by atomic mass is 14.4. The first-order valence-electron chi connectivity index (χ1n) is 5.54. The van der Waals surface area contributed by atoms with Crippen molar-refractivity contribution in [2.45, 2.75) is 39.0 Å². The molecule has 2 fully saturated rings. The van der Waals surface area contributed by atoms with Gasteiger partial charge in [0.2, 0.25) is 0 Å². The Labute approximate surface area is 81.7 Å². The summed E-state index contributed by atoms with van der Waals surface area (Å²) in [5.41, 5.74) is 3.01. The molecule has 2 rings (SSSR count). The maximum Gasteiger partial charge on any atom is -0.0138 e. The Morgan fingerprint density at radius 1 is 1.00 bits per heavy atom. The van der Waals surface area contributed by atoms with E-state index in [1.807, 2.05) is 0 Å². The predicted octanol–water partition coefficient (Wildman–Crippen LogP) is 3.95. The van der Waals surface area contributed by atoms with Crippen LogP contribution in [0.2, 0.25) is 0 Å². The van der Waals surface area contributed by atoms with E-state index in [0.717, 1.165) is 17.8 Å². The Bertz CT molecular complexity index is 236. The van der Waals surface area contributed by atoms with Crippen LogP contribution in [0.15, 0.2) is 24.3 Å². The van der Waals surface area contributed by atoms with Gasteiger partial charge in [-0.3, -0.25) is 0 Å². The van der Waals surface area contributed by atoms with Crippen molar-refractivity contribution in [1.82, 2.24) is 0 Å². The molecular formula is C13H20. The highest BCUT2D eigenvalue weighted by Gasteiger charge is 2.34. The molecule has 3 unspecified atom stereocenters. The van der Waals surface area contributed by atoms with E-state index in [-0.39, 0.29) is 0 Å². The van der Waals surface area contributed by atoms with Gasteiger partial charge in [0.25, 0.3) is 0 Å². The van der Waals surface area contributed by atoms with Gasteiger partial charge in [0.1, 0.15) is 0 Å². The molecule has 2 saturated carbocycles. The SMILES string of the molecule is C=C1CCC(=C)C2CC(C)CCC12. The maximum absolute atomic E-state index is 4.23. The zero-order valence-electron chi connectivity index (χ0n) is 8.68. The van der Waals surface area contributed by atoms with Crippen molar-refractivity contribution in [2.75, 3.05) is 0 Å². The minimum atomic E-state index is 0.782. The second-order valence-corrected chi connectivity index (χ2v) is 4.95. The normalized spacial score (nSPS) is 40.2. The molecule has 0 aromatic rings. The van der Waals surface area contributed by atoms with Crippen LogP contribution in [0.25, 0.3) is 0 Å². The zero-order chi connectivity index (χ0) is 9.42.